The number of benzene rings is 3. The van der Waals surface area contributed by atoms with Crippen molar-refractivity contribution in [1.82, 2.24) is 4.98 Å². The molecule has 0 fully saturated rings. The zero-order chi connectivity index (χ0) is 22.2. The van der Waals surface area contributed by atoms with Crippen molar-refractivity contribution in [2.75, 3.05) is 16.7 Å². The second-order valence-corrected chi connectivity index (χ2v) is 9.54. The molecule has 6 nitrogen and oxygen atoms in total. The number of sulfonamides is 1. The van der Waals surface area contributed by atoms with Gasteiger partial charge < -0.3 is 0 Å². The first-order chi connectivity index (χ1) is 14.8. The maximum absolute atomic E-state index is 13.8. The molecule has 0 saturated carbocycles. The van der Waals surface area contributed by atoms with Crippen LogP contribution in [0.3, 0.4) is 0 Å². The largest absolute Gasteiger partial charge is 0.298 e. The quantitative estimate of drug-likeness (QED) is 0.471. The number of fused-ring (bicyclic) bond motifs is 1. The van der Waals surface area contributed by atoms with Gasteiger partial charge in [0.1, 0.15) is 11.3 Å². The van der Waals surface area contributed by atoms with Crippen molar-refractivity contribution in [3.63, 3.8) is 0 Å². The molecule has 0 unspecified atom stereocenters. The second-order valence-electron chi connectivity index (χ2n) is 6.54. The minimum atomic E-state index is -3.81. The predicted molar refractivity (Wildman–Crippen MR) is 116 cm³/mol. The van der Waals surface area contributed by atoms with Crippen LogP contribution in [0.5, 0.6) is 0 Å². The van der Waals surface area contributed by atoms with Gasteiger partial charge in [0.15, 0.2) is 10.9 Å². The van der Waals surface area contributed by atoms with Gasteiger partial charge in [0.25, 0.3) is 15.9 Å². The van der Waals surface area contributed by atoms with Crippen LogP contribution in [-0.2, 0) is 10.0 Å². The monoisotopic (exact) mass is 459 g/mol. The van der Waals surface area contributed by atoms with Crippen LogP contribution < -0.4 is 9.62 Å². The number of aromatic nitrogens is 1. The SMILES string of the molecule is CN(c1ccccc1)S(=O)(=O)c1ccc(C(=O)Nc2nc3c(F)cc(F)cc3s2)cc1. The van der Waals surface area contributed by atoms with E-state index in [0.717, 1.165) is 27.8 Å². The number of para-hydroxylation sites is 1. The van der Waals surface area contributed by atoms with Gasteiger partial charge in [-0.3, -0.25) is 14.4 Å². The number of nitrogens with zero attached hydrogens (tertiary/aromatic N) is 2. The molecule has 158 valence electrons. The molecule has 0 radical (unpaired) electrons. The average Bonchev–Trinajstić information content (AvgIpc) is 3.16. The molecule has 1 amide bonds. The molecular formula is C21H15F2N3O3S2. The zero-order valence-electron chi connectivity index (χ0n) is 16.0. The van der Waals surface area contributed by atoms with Crippen LogP contribution in [0.2, 0.25) is 0 Å². The van der Waals surface area contributed by atoms with E-state index in [9.17, 15) is 22.0 Å². The van der Waals surface area contributed by atoms with Crippen LogP contribution in [0.4, 0.5) is 19.6 Å². The Morgan fingerprint density at radius 1 is 1.03 bits per heavy atom. The number of rotatable bonds is 5. The van der Waals surface area contributed by atoms with Crippen LogP contribution in [0.1, 0.15) is 10.4 Å². The summed E-state index contributed by atoms with van der Waals surface area (Å²) in [6.07, 6.45) is 0. The summed E-state index contributed by atoms with van der Waals surface area (Å²) in [5.41, 5.74) is 0.656. The molecule has 4 rings (SSSR count). The van der Waals surface area contributed by atoms with Crippen LogP contribution >= 0.6 is 11.3 Å². The minimum Gasteiger partial charge on any atom is -0.298 e. The number of hydrogen-bond acceptors (Lipinski definition) is 5. The van der Waals surface area contributed by atoms with E-state index in [4.69, 9.17) is 0 Å². The third-order valence-electron chi connectivity index (χ3n) is 4.53. The Hall–Kier alpha value is -3.37. The maximum Gasteiger partial charge on any atom is 0.264 e. The van der Waals surface area contributed by atoms with Crippen LogP contribution in [0, 0.1) is 11.6 Å². The van der Waals surface area contributed by atoms with E-state index in [2.05, 4.69) is 10.3 Å². The fourth-order valence-electron chi connectivity index (χ4n) is 2.89. The van der Waals surface area contributed by atoms with E-state index >= 15 is 0 Å². The first kappa shape index (κ1) is 20.9. The fourth-order valence-corrected chi connectivity index (χ4v) is 4.99. The van der Waals surface area contributed by atoms with Gasteiger partial charge in [-0.1, -0.05) is 29.5 Å². The maximum atomic E-state index is 13.8. The fraction of sp³-hybridized carbons (Fsp3) is 0.0476. The number of thiazole rings is 1. The van der Waals surface area contributed by atoms with Gasteiger partial charge in [-0.2, -0.15) is 0 Å². The smallest absolute Gasteiger partial charge is 0.264 e. The van der Waals surface area contributed by atoms with Crippen molar-refractivity contribution >= 4 is 48.3 Å². The summed E-state index contributed by atoms with van der Waals surface area (Å²) in [5, 5.41) is 2.62. The van der Waals surface area contributed by atoms with Gasteiger partial charge in [0, 0.05) is 18.7 Å². The van der Waals surface area contributed by atoms with Crippen molar-refractivity contribution in [2.24, 2.45) is 0 Å². The summed E-state index contributed by atoms with van der Waals surface area (Å²) < 4.78 is 54.2. The van der Waals surface area contributed by atoms with E-state index in [-0.39, 0.29) is 25.8 Å². The molecule has 31 heavy (non-hydrogen) atoms. The van der Waals surface area contributed by atoms with Crippen LogP contribution in [0.15, 0.2) is 71.6 Å². The second kappa shape index (κ2) is 8.05. The summed E-state index contributed by atoms with van der Waals surface area (Å²) in [6, 6.07) is 15.9. The van der Waals surface area contributed by atoms with Crippen molar-refractivity contribution < 1.29 is 22.0 Å². The number of nitrogens with one attached hydrogen (secondary N) is 1. The normalized spacial score (nSPS) is 11.5. The third-order valence-corrected chi connectivity index (χ3v) is 7.25. The van der Waals surface area contributed by atoms with Crippen molar-refractivity contribution in [1.29, 1.82) is 0 Å². The van der Waals surface area contributed by atoms with Gasteiger partial charge in [-0.05, 0) is 42.5 Å². The lowest BCUT2D eigenvalue weighted by atomic mass is 10.2. The summed E-state index contributed by atoms with van der Waals surface area (Å²) in [6.45, 7) is 0. The van der Waals surface area contributed by atoms with Crippen LogP contribution in [-0.4, -0.2) is 26.4 Å². The molecule has 0 atom stereocenters. The van der Waals surface area contributed by atoms with Gasteiger partial charge in [0.05, 0.1) is 15.3 Å². The topological polar surface area (TPSA) is 79.4 Å². The van der Waals surface area contributed by atoms with Crippen molar-refractivity contribution in [3.05, 3.63) is 83.9 Å². The summed E-state index contributed by atoms with van der Waals surface area (Å²) in [5.74, 6) is -2.10. The Labute approximate surface area is 180 Å². The predicted octanol–water partition coefficient (Wildman–Crippen LogP) is 4.65. The van der Waals surface area contributed by atoms with Gasteiger partial charge in [-0.25, -0.2) is 22.2 Å². The van der Waals surface area contributed by atoms with E-state index in [1.165, 1.54) is 31.3 Å². The number of carbonyl (C=O) groups is 1. The number of carbonyl (C=O) groups excluding carboxylic acids is 1. The molecule has 0 aliphatic carbocycles. The molecule has 10 heteroatoms. The number of halogens is 2. The zero-order valence-corrected chi connectivity index (χ0v) is 17.7. The van der Waals surface area contributed by atoms with E-state index in [1.807, 2.05) is 0 Å². The molecule has 1 heterocycles. The average molecular weight is 459 g/mol. The molecule has 1 aromatic heterocycles. The first-order valence-corrected chi connectivity index (χ1v) is 11.2. The van der Waals surface area contributed by atoms with Crippen molar-refractivity contribution in [3.8, 4) is 0 Å². The highest BCUT2D eigenvalue weighted by atomic mass is 32.2. The van der Waals surface area contributed by atoms with Gasteiger partial charge in [-0.15, -0.1) is 0 Å². The van der Waals surface area contributed by atoms with Gasteiger partial charge in [0.2, 0.25) is 0 Å². The Kier molecular flexibility index (Phi) is 5.42. The molecule has 0 bridgehead atoms. The Morgan fingerprint density at radius 2 is 1.71 bits per heavy atom. The van der Waals surface area contributed by atoms with Crippen molar-refractivity contribution in [2.45, 2.75) is 4.90 Å². The highest BCUT2D eigenvalue weighted by molar-refractivity contribution is 7.92. The van der Waals surface area contributed by atoms with Crippen LogP contribution in [0.25, 0.3) is 10.2 Å². The highest BCUT2D eigenvalue weighted by Gasteiger charge is 2.22. The van der Waals surface area contributed by atoms with E-state index in [0.29, 0.717) is 5.69 Å². The molecule has 0 spiro atoms. The molecule has 4 aromatic rings. The Morgan fingerprint density at radius 3 is 2.39 bits per heavy atom. The first-order valence-electron chi connectivity index (χ1n) is 8.97. The summed E-state index contributed by atoms with van der Waals surface area (Å²) in [7, 11) is -2.36. The minimum absolute atomic E-state index is 0.0212. The molecule has 0 aliphatic heterocycles. The Bertz CT molecular complexity index is 1370. The van der Waals surface area contributed by atoms with E-state index < -0.39 is 27.6 Å². The molecule has 0 saturated heterocycles. The standard InChI is InChI=1S/C21H15F2N3O3S2/c1-26(15-5-3-2-4-6-15)31(28,29)16-9-7-13(8-10-16)20(27)25-21-24-19-17(23)11-14(22)12-18(19)30-21/h2-12H,1H3,(H,24,25,27). The summed E-state index contributed by atoms with van der Waals surface area (Å²) in [4.78, 5) is 16.5. The van der Waals surface area contributed by atoms with E-state index in [1.54, 1.807) is 30.3 Å². The third kappa shape index (κ3) is 4.12. The highest BCUT2D eigenvalue weighted by Crippen LogP contribution is 2.29. The lowest BCUT2D eigenvalue weighted by Gasteiger charge is -2.19. The lowest BCUT2D eigenvalue weighted by molar-refractivity contribution is 0.102. The summed E-state index contributed by atoms with van der Waals surface area (Å²) >= 11 is 0.932. The number of hydrogen-bond donors (Lipinski definition) is 1. The molecule has 0 aliphatic rings. The van der Waals surface area contributed by atoms with Gasteiger partial charge >= 0.3 is 0 Å². The molecule has 1 N–H and O–H groups in total. The number of anilines is 2. The lowest BCUT2D eigenvalue weighted by Crippen LogP contribution is -2.26. The Balaban J connectivity index is 1.54. The molecule has 3 aromatic carbocycles. The number of amides is 1. The molecular weight excluding hydrogens is 444 g/mol.